The van der Waals surface area contributed by atoms with Gasteiger partial charge in [-0.15, -0.1) is 0 Å². The number of hydrogen-bond donors (Lipinski definition) is 5. The molecule has 1 heterocycles. The van der Waals surface area contributed by atoms with E-state index in [0.29, 0.717) is 45.4 Å². The number of carbonyl (C=O) groups excluding carboxylic acids is 2. The van der Waals surface area contributed by atoms with E-state index in [1.54, 1.807) is 0 Å². The van der Waals surface area contributed by atoms with E-state index in [1.165, 1.54) is 0 Å². The van der Waals surface area contributed by atoms with Crippen LogP contribution < -0.4 is 27.8 Å². The van der Waals surface area contributed by atoms with Crippen LogP contribution in [-0.4, -0.2) is 56.6 Å². The molecule has 0 aromatic rings. The summed E-state index contributed by atoms with van der Waals surface area (Å²) in [6.07, 6.45) is 2.84. The minimum Gasteiger partial charge on any atom is -0.408 e. The van der Waals surface area contributed by atoms with Crippen molar-refractivity contribution >= 4 is 11.9 Å². The highest BCUT2D eigenvalue weighted by Crippen LogP contribution is 2.22. The maximum Gasteiger partial charge on any atom is 0.327 e. The Hall–Kier alpha value is -1.26. The molecule has 0 aliphatic carbocycles. The minimum absolute atomic E-state index is 0.0886. The first kappa shape index (κ1) is 20.8. The Morgan fingerprint density at radius 1 is 1.04 bits per heavy atom. The number of carbonyl (C=O) groups is 2. The van der Waals surface area contributed by atoms with E-state index in [0.717, 1.165) is 13.0 Å². The fourth-order valence-electron chi connectivity index (χ4n) is 2.33. The first-order valence-corrected chi connectivity index (χ1v) is 8.59. The van der Waals surface area contributed by atoms with Gasteiger partial charge in [0.1, 0.15) is 6.04 Å². The molecule has 0 amide bonds. The zero-order valence-corrected chi connectivity index (χ0v) is 14.2. The topological polar surface area (TPSA) is 155 Å². The van der Waals surface area contributed by atoms with Crippen LogP contribution in [0.1, 0.15) is 38.5 Å². The molecule has 0 bridgehead atoms. The molecular formula is C15H31N5O4. The standard InChI is InChI=1S/C15H31N5O4/c16-7-2-10-19-9-1-6-15(20-11-3-8-17)23-13(21)5-4-12(18)14(22)24-15/h12,19-20H,1-11,16-18H2/t12-,15?/m1/s1. The van der Waals surface area contributed by atoms with Crippen molar-refractivity contribution in [3.8, 4) is 0 Å². The fraction of sp³-hybridized carbons (Fsp3) is 0.867. The third-order valence-electron chi connectivity index (χ3n) is 3.70. The number of nitrogens with one attached hydrogen (secondary N) is 2. The highest BCUT2D eigenvalue weighted by Gasteiger charge is 2.41. The van der Waals surface area contributed by atoms with Crippen molar-refractivity contribution in [2.75, 3.05) is 32.7 Å². The Labute approximate surface area is 143 Å². The molecule has 1 aliphatic rings. The zero-order valence-electron chi connectivity index (χ0n) is 14.2. The fourth-order valence-corrected chi connectivity index (χ4v) is 2.33. The van der Waals surface area contributed by atoms with Crippen LogP contribution in [-0.2, 0) is 19.1 Å². The molecular weight excluding hydrogens is 314 g/mol. The number of cyclic esters (lactones) is 2. The van der Waals surface area contributed by atoms with E-state index in [-0.39, 0.29) is 12.8 Å². The van der Waals surface area contributed by atoms with Gasteiger partial charge in [-0.3, -0.25) is 9.59 Å². The van der Waals surface area contributed by atoms with Crippen LogP contribution in [0.3, 0.4) is 0 Å². The normalized spacial score (nSPS) is 24.9. The Morgan fingerprint density at radius 3 is 2.42 bits per heavy atom. The van der Waals surface area contributed by atoms with Gasteiger partial charge in [0.2, 0.25) is 0 Å². The molecule has 9 heteroatoms. The summed E-state index contributed by atoms with van der Waals surface area (Å²) < 4.78 is 10.9. The van der Waals surface area contributed by atoms with Crippen molar-refractivity contribution in [1.82, 2.24) is 10.6 Å². The second-order valence-electron chi connectivity index (χ2n) is 5.86. The van der Waals surface area contributed by atoms with Crippen LogP contribution in [0, 0.1) is 0 Å². The second kappa shape index (κ2) is 11.3. The molecule has 0 radical (unpaired) electrons. The summed E-state index contributed by atoms with van der Waals surface area (Å²) in [5.41, 5.74) is 16.7. The van der Waals surface area contributed by atoms with E-state index in [2.05, 4.69) is 10.6 Å². The molecule has 0 spiro atoms. The van der Waals surface area contributed by atoms with Gasteiger partial charge in [-0.1, -0.05) is 0 Å². The van der Waals surface area contributed by atoms with Crippen molar-refractivity contribution in [2.24, 2.45) is 17.2 Å². The van der Waals surface area contributed by atoms with E-state index >= 15 is 0 Å². The van der Waals surface area contributed by atoms with E-state index < -0.39 is 23.9 Å². The Balaban J connectivity index is 2.66. The Morgan fingerprint density at radius 2 is 1.71 bits per heavy atom. The van der Waals surface area contributed by atoms with Crippen molar-refractivity contribution < 1.29 is 19.1 Å². The maximum atomic E-state index is 12.1. The summed E-state index contributed by atoms with van der Waals surface area (Å²) in [4.78, 5) is 24.0. The summed E-state index contributed by atoms with van der Waals surface area (Å²) in [7, 11) is 0. The van der Waals surface area contributed by atoms with Crippen molar-refractivity contribution in [3.63, 3.8) is 0 Å². The molecule has 0 aromatic carbocycles. The summed E-state index contributed by atoms with van der Waals surface area (Å²) >= 11 is 0. The molecule has 1 fully saturated rings. The highest BCUT2D eigenvalue weighted by molar-refractivity contribution is 5.78. The molecule has 24 heavy (non-hydrogen) atoms. The van der Waals surface area contributed by atoms with Gasteiger partial charge in [0.05, 0.1) is 0 Å². The predicted molar refractivity (Wildman–Crippen MR) is 89.6 cm³/mol. The van der Waals surface area contributed by atoms with Crippen LogP contribution >= 0.6 is 0 Å². The van der Waals surface area contributed by atoms with Crippen LogP contribution in [0.4, 0.5) is 0 Å². The quantitative estimate of drug-likeness (QED) is 0.222. The van der Waals surface area contributed by atoms with Crippen LogP contribution in [0.2, 0.25) is 0 Å². The Bertz CT molecular complexity index is 396. The third kappa shape index (κ3) is 7.54. The van der Waals surface area contributed by atoms with Crippen molar-refractivity contribution in [2.45, 2.75) is 50.5 Å². The molecule has 8 N–H and O–H groups in total. The summed E-state index contributed by atoms with van der Waals surface area (Å²) in [6, 6.07) is -0.823. The largest absolute Gasteiger partial charge is 0.408 e. The predicted octanol–water partition coefficient (Wildman–Crippen LogP) is -1.50. The molecule has 2 atom stereocenters. The van der Waals surface area contributed by atoms with Crippen LogP contribution in [0.25, 0.3) is 0 Å². The minimum atomic E-state index is -1.48. The smallest absolute Gasteiger partial charge is 0.327 e. The average molecular weight is 345 g/mol. The van der Waals surface area contributed by atoms with Crippen LogP contribution in [0.5, 0.6) is 0 Å². The monoisotopic (exact) mass is 345 g/mol. The van der Waals surface area contributed by atoms with Crippen molar-refractivity contribution in [3.05, 3.63) is 0 Å². The number of ether oxygens (including phenoxy) is 2. The van der Waals surface area contributed by atoms with Crippen LogP contribution in [0.15, 0.2) is 0 Å². The number of esters is 2. The first-order valence-electron chi connectivity index (χ1n) is 8.59. The van der Waals surface area contributed by atoms with E-state index in [1.807, 2.05) is 0 Å². The van der Waals surface area contributed by atoms with Crippen molar-refractivity contribution in [1.29, 1.82) is 0 Å². The lowest BCUT2D eigenvalue weighted by Gasteiger charge is -2.35. The lowest BCUT2D eigenvalue weighted by atomic mass is 10.1. The summed E-state index contributed by atoms with van der Waals surface area (Å²) in [5.74, 6) is -2.48. The number of hydrogen-bond acceptors (Lipinski definition) is 9. The lowest BCUT2D eigenvalue weighted by molar-refractivity contribution is -0.248. The third-order valence-corrected chi connectivity index (χ3v) is 3.70. The lowest BCUT2D eigenvalue weighted by Crippen LogP contribution is -2.56. The first-order chi connectivity index (χ1) is 11.5. The molecule has 1 saturated heterocycles. The molecule has 1 aliphatic heterocycles. The molecule has 0 saturated carbocycles. The van der Waals surface area contributed by atoms with E-state index in [9.17, 15) is 9.59 Å². The van der Waals surface area contributed by atoms with Gasteiger partial charge in [-0.05, 0) is 51.9 Å². The number of nitrogens with two attached hydrogens (primary N) is 3. The summed E-state index contributed by atoms with van der Waals surface area (Å²) in [6.45, 7) is 3.08. The maximum absolute atomic E-state index is 12.1. The van der Waals surface area contributed by atoms with Gasteiger partial charge in [-0.2, -0.15) is 0 Å². The number of rotatable bonds is 11. The highest BCUT2D eigenvalue weighted by atomic mass is 16.8. The van der Waals surface area contributed by atoms with E-state index in [4.69, 9.17) is 26.7 Å². The summed E-state index contributed by atoms with van der Waals surface area (Å²) in [5, 5.41) is 6.25. The molecule has 1 unspecified atom stereocenters. The van der Waals surface area contributed by atoms with Gasteiger partial charge in [0.15, 0.2) is 0 Å². The van der Waals surface area contributed by atoms with Gasteiger partial charge in [-0.25, -0.2) is 5.32 Å². The molecule has 0 aromatic heterocycles. The van der Waals surface area contributed by atoms with Gasteiger partial charge in [0.25, 0.3) is 0 Å². The Kier molecular flexibility index (Phi) is 9.80. The van der Waals surface area contributed by atoms with Gasteiger partial charge >= 0.3 is 17.8 Å². The average Bonchev–Trinajstić information content (AvgIpc) is 2.55. The molecule has 140 valence electrons. The molecule has 9 nitrogen and oxygen atoms in total. The molecule has 1 rings (SSSR count). The second-order valence-corrected chi connectivity index (χ2v) is 5.86. The van der Waals surface area contributed by atoms with Gasteiger partial charge in [0, 0.05) is 19.4 Å². The van der Waals surface area contributed by atoms with Gasteiger partial charge < -0.3 is 32.0 Å². The SMILES string of the molecule is NCCCNCCCC1(NCCCN)OC(=O)CC[C@@H](N)C(=O)O1. The zero-order chi connectivity index (χ0) is 17.8.